The van der Waals surface area contributed by atoms with Gasteiger partial charge in [-0.05, 0) is 37.6 Å². The Kier molecular flexibility index (Phi) is 3.81. The van der Waals surface area contributed by atoms with Crippen molar-refractivity contribution in [2.45, 2.75) is 29.2 Å². The first-order valence-electron chi connectivity index (χ1n) is 5.14. The SMILES string of the molecule is Cc1csc(Sc2ccc(F)cc2[C@H](C)O)n1. The van der Waals surface area contributed by atoms with Crippen LogP contribution >= 0.6 is 23.1 Å². The summed E-state index contributed by atoms with van der Waals surface area (Å²) in [6.07, 6.45) is -0.686. The highest BCUT2D eigenvalue weighted by molar-refractivity contribution is 8.01. The van der Waals surface area contributed by atoms with Crippen LogP contribution in [0.1, 0.15) is 24.3 Å². The summed E-state index contributed by atoms with van der Waals surface area (Å²) in [4.78, 5) is 5.18. The Bertz CT molecular complexity index is 525. The minimum Gasteiger partial charge on any atom is -0.389 e. The molecule has 2 rings (SSSR count). The van der Waals surface area contributed by atoms with Crippen LogP contribution in [0.15, 0.2) is 32.8 Å². The molecule has 90 valence electrons. The molecule has 0 bridgehead atoms. The standard InChI is InChI=1S/C12H12FNOS2/c1-7-6-16-12(14-7)17-11-4-3-9(13)5-10(11)8(2)15/h3-6,8,15H,1-2H3/t8-/m0/s1. The van der Waals surface area contributed by atoms with E-state index in [2.05, 4.69) is 4.98 Å². The zero-order valence-corrected chi connectivity index (χ0v) is 11.1. The predicted octanol–water partition coefficient (Wildman–Crippen LogP) is 3.80. The number of aliphatic hydroxyl groups excluding tert-OH is 1. The molecule has 0 saturated heterocycles. The number of halogens is 1. The number of nitrogens with zero attached hydrogens (tertiary/aromatic N) is 1. The van der Waals surface area contributed by atoms with E-state index >= 15 is 0 Å². The molecule has 2 aromatic rings. The van der Waals surface area contributed by atoms with E-state index in [9.17, 15) is 9.50 Å². The van der Waals surface area contributed by atoms with Gasteiger partial charge in [0.2, 0.25) is 0 Å². The van der Waals surface area contributed by atoms with Gasteiger partial charge in [-0.3, -0.25) is 0 Å². The van der Waals surface area contributed by atoms with Gasteiger partial charge in [-0.15, -0.1) is 11.3 Å². The first-order chi connectivity index (χ1) is 8.06. The van der Waals surface area contributed by atoms with E-state index in [4.69, 9.17) is 0 Å². The van der Waals surface area contributed by atoms with Gasteiger partial charge in [-0.2, -0.15) is 0 Å². The number of thiazole rings is 1. The van der Waals surface area contributed by atoms with Crippen molar-refractivity contribution in [3.8, 4) is 0 Å². The van der Waals surface area contributed by atoms with E-state index in [-0.39, 0.29) is 5.82 Å². The number of aliphatic hydroxyl groups is 1. The predicted molar refractivity (Wildman–Crippen MR) is 68.0 cm³/mol. The van der Waals surface area contributed by atoms with Gasteiger partial charge in [-0.1, -0.05) is 11.8 Å². The van der Waals surface area contributed by atoms with E-state index in [0.29, 0.717) is 5.56 Å². The lowest BCUT2D eigenvalue weighted by Crippen LogP contribution is -1.95. The average molecular weight is 269 g/mol. The van der Waals surface area contributed by atoms with Crippen LogP contribution in [-0.2, 0) is 0 Å². The third-order valence-corrected chi connectivity index (χ3v) is 4.37. The molecule has 5 heteroatoms. The number of rotatable bonds is 3. The van der Waals surface area contributed by atoms with Gasteiger partial charge in [-0.25, -0.2) is 9.37 Å². The first-order valence-corrected chi connectivity index (χ1v) is 6.83. The number of benzene rings is 1. The molecule has 1 atom stereocenters. The molecule has 0 saturated carbocycles. The Balaban J connectivity index is 2.32. The summed E-state index contributed by atoms with van der Waals surface area (Å²) >= 11 is 3.00. The summed E-state index contributed by atoms with van der Waals surface area (Å²) in [5, 5.41) is 11.6. The fraction of sp³-hybridized carbons (Fsp3) is 0.250. The van der Waals surface area contributed by atoms with Crippen LogP contribution in [0.25, 0.3) is 0 Å². The summed E-state index contributed by atoms with van der Waals surface area (Å²) in [7, 11) is 0. The van der Waals surface area contributed by atoms with Gasteiger partial charge in [0.05, 0.1) is 6.10 Å². The van der Waals surface area contributed by atoms with E-state index in [0.717, 1.165) is 14.9 Å². The van der Waals surface area contributed by atoms with Crippen LogP contribution in [0.5, 0.6) is 0 Å². The quantitative estimate of drug-likeness (QED) is 0.920. The van der Waals surface area contributed by atoms with Crippen LogP contribution in [0.2, 0.25) is 0 Å². The zero-order valence-electron chi connectivity index (χ0n) is 9.48. The molecule has 1 N–H and O–H groups in total. The molecule has 1 aromatic carbocycles. The Morgan fingerprint density at radius 1 is 1.47 bits per heavy atom. The minimum absolute atomic E-state index is 0.333. The van der Waals surface area contributed by atoms with Crippen LogP contribution in [0, 0.1) is 12.7 Å². The molecule has 17 heavy (non-hydrogen) atoms. The Morgan fingerprint density at radius 2 is 2.24 bits per heavy atom. The van der Waals surface area contributed by atoms with Crippen LogP contribution < -0.4 is 0 Å². The normalized spacial score (nSPS) is 12.7. The maximum absolute atomic E-state index is 13.1. The summed E-state index contributed by atoms with van der Waals surface area (Å²) < 4.78 is 14.0. The highest BCUT2D eigenvalue weighted by atomic mass is 32.2. The highest BCUT2D eigenvalue weighted by Gasteiger charge is 2.12. The van der Waals surface area contributed by atoms with Crippen LogP contribution in [0.3, 0.4) is 0 Å². The third-order valence-electron chi connectivity index (χ3n) is 2.22. The molecule has 0 aliphatic rings. The largest absolute Gasteiger partial charge is 0.389 e. The maximum Gasteiger partial charge on any atom is 0.154 e. The van der Waals surface area contributed by atoms with E-state index in [1.54, 1.807) is 24.3 Å². The third kappa shape index (κ3) is 3.06. The maximum atomic E-state index is 13.1. The van der Waals surface area contributed by atoms with Crippen LogP contribution in [0.4, 0.5) is 4.39 Å². The number of aromatic nitrogens is 1. The van der Waals surface area contributed by atoms with Gasteiger partial charge in [0, 0.05) is 16.0 Å². The van der Waals surface area contributed by atoms with Crippen molar-refractivity contribution < 1.29 is 9.50 Å². The lowest BCUT2D eigenvalue weighted by molar-refractivity contribution is 0.196. The summed E-state index contributed by atoms with van der Waals surface area (Å²) in [6.45, 7) is 3.56. The molecule has 1 heterocycles. The van der Waals surface area contributed by atoms with E-state index < -0.39 is 6.10 Å². The molecule has 2 nitrogen and oxygen atoms in total. The second-order valence-electron chi connectivity index (χ2n) is 3.71. The molecule has 0 aliphatic heterocycles. The summed E-state index contributed by atoms with van der Waals surface area (Å²) in [5.41, 5.74) is 1.57. The Morgan fingerprint density at radius 3 is 2.82 bits per heavy atom. The van der Waals surface area contributed by atoms with Gasteiger partial charge in [0.25, 0.3) is 0 Å². The Hall–Kier alpha value is -0.910. The molecule has 0 spiro atoms. The smallest absolute Gasteiger partial charge is 0.154 e. The first kappa shape index (κ1) is 12.5. The summed E-state index contributed by atoms with van der Waals surface area (Å²) in [6, 6.07) is 4.45. The molecule has 0 amide bonds. The van der Waals surface area contributed by atoms with Crippen molar-refractivity contribution in [2.24, 2.45) is 0 Å². The molecule has 0 aliphatic carbocycles. The number of aryl methyl sites for hydroxylation is 1. The van der Waals surface area contributed by atoms with Crippen LogP contribution in [-0.4, -0.2) is 10.1 Å². The molecular formula is C12H12FNOS2. The minimum atomic E-state index is -0.686. The Labute approximate surface area is 108 Å². The lowest BCUT2D eigenvalue weighted by atomic mass is 10.1. The van der Waals surface area contributed by atoms with Gasteiger partial charge in [0.1, 0.15) is 5.82 Å². The van der Waals surface area contributed by atoms with Crippen molar-refractivity contribution in [1.29, 1.82) is 0 Å². The zero-order chi connectivity index (χ0) is 12.4. The average Bonchev–Trinajstić information content (AvgIpc) is 2.66. The lowest BCUT2D eigenvalue weighted by Gasteiger charge is -2.10. The van der Waals surface area contributed by atoms with Gasteiger partial charge in [0.15, 0.2) is 4.34 Å². The molecular weight excluding hydrogens is 257 g/mol. The molecule has 1 aromatic heterocycles. The number of hydrogen-bond donors (Lipinski definition) is 1. The molecule has 0 radical (unpaired) electrons. The van der Waals surface area contributed by atoms with Crippen molar-refractivity contribution in [3.63, 3.8) is 0 Å². The fourth-order valence-electron chi connectivity index (χ4n) is 1.41. The van der Waals surface area contributed by atoms with Crippen molar-refractivity contribution in [2.75, 3.05) is 0 Å². The van der Waals surface area contributed by atoms with Gasteiger partial charge < -0.3 is 5.11 Å². The highest BCUT2D eigenvalue weighted by Crippen LogP contribution is 2.35. The van der Waals surface area contributed by atoms with E-state index in [1.165, 1.54) is 23.9 Å². The van der Waals surface area contributed by atoms with Crippen molar-refractivity contribution >= 4 is 23.1 Å². The van der Waals surface area contributed by atoms with E-state index in [1.807, 2.05) is 12.3 Å². The number of hydrogen-bond acceptors (Lipinski definition) is 4. The fourth-order valence-corrected chi connectivity index (χ4v) is 3.40. The second kappa shape index (κ2) is 5.16. The van der Waals surface area contributed by atoms with Crippen molar-refractivity contribution in [1.82, 2.24) is 4.98 Å². The van der Waals surface area contributed by atoms with Crippen molar-refractivity contribution in [3.05, 3.63) is 40.7 Å². The monoisotopic (exact) mass is 269 g/mol. The molecule has 0 fully saturated rings. The second-order valence-corrected chi connectivity index (χ2v) is 5.86. The topological polar surface area (TPSA) is 33.1 Å². The summed E-state index contributed by atoms with van der Waals surface area (Å²) in [5.74, 6) is -0.333. The van der Waals surface area contributed by atoms with Gasteiger partial charge >= 0.3 is 0 Å². The molecule has 0 unspecified atom stereocenters.